The van der Waals surface area contributed by atoms with E-state index in [1.807, 2.05) is 0 Å². The molecule has 9 heteroatoms. The van der Waals surface area contributed by atoms with Crippen LogP contribution < -0.4 is 10.6 Å². The number of amides is 2. The number of alkyl halides is 3. The van der Waals surface area contributed by atoms with Crippen molar-refractivity contribution >= 4 is 11.8 Å². The predicted octanol–water partition coefficient (Wildman–Crippen LogP) is 3.40. The molecule has 0 radical (unpaired) electrons. The van der Waals surface area contributed by atoms with Gasteiger partial charge < -0.3 is 10.1 Å². The standard InChI is InChI=1S/C17H19F3N4O2/c1-24-15(22-16(25)21-12-7-13(8-12)26-2)9-14(23-24)10-4-3-5-11(6-10)17(18,19)20/h3-6,9,12-13H,7-8H2,1-2H3,(H2,21,22,25). The van der Waals surface area contributed by atoms with E-state index in [-0.39, 0.29) is 18.2 Å². The molecule has 0 unspecified atom stereocenters. The second-order valence-electron chi connectivity index (χ2n) is 6.24. The van der Waals surface area contributed by atoms with Crippen molar-refractivity contribution in [2.45, 2.75) is 31.2 Å². The number of aryl methyl sites for hydroxylation is 1. The third-order valence-electron chi connectivity index (χ3n) is 4.37. The molecule has 26 heavy (non-hydrogen) atoms. The van der Waals surface area contributed by atoms with E-state index in [4.69, 9.17) is 4.74 Å². The lowest BCUT2D eigenvalue weighted by molar-refractivity contribution is -0.137. The summed E-state index contributed by atoms with van der Waals surface area (Å²) in [7, 11) is 3.24. The second kappa shape index (κ2) is 6.99. The van der Waals surface area contributed by atoms with E-state index in [1.54, 1.807) is 20.2 Å². The Balaban J connectivity index is 1.68. The number of benzene rings is 1. The minimum Gasteiger partial charge on any atom is -0.381 e. The average Bonchev–Trinajstić information content (AvgIpc) is 2.90. The Morgan fingerprint density at radius 2 is 2.04 bits per heavy atom. The maximum atomic E-state index is 12.9. The fourth-order valence-electron chi connectivity index (χ4n) is 2.79. The quantitative estimate of drug-likeness (QED) is 0.869. The highest BCUT2D eigenvalue weighted by atomic mass is 19.4. The number of halogens is 3. The van der Waals surface area contributed by atoms with Gasteiger partial charge in [0.1, 0.15) is 5.82 Å². The smallest absolute Gasteiger partial charge is 0.381 e. The molecular weight excluding hydrogens is 349 g/mol. The zero-order chi connectivity index (χ0) is 18.9. The van der Waals surface area contributed by atoms with Crippen LogP contribution in [0.1, 0.15) is 18.4 Å². The molecule has 1 aromatic heterocycles. The van der Waals surface area contributed by atoms with Crippen LogP contribution in [0.3, 0.4) is 0 Å². The molecule has 2 aromatic rings. The number of aromatic nitrogens is 2. The monoisotopic (exact) mass is 368 g/mol. The fraction of sp³-hybridized carbons (Fsp3) is 0.412. The minimum atomic E-state index is -4.42. The normalized spacial score (nSPS) is 19.7. The van der Waals surface area contributed by atoms with Gasteiger partial charge in [-0.3, -0.25) is 10.00 Å². The van der Waals surface area contributed by atoms with Crippen LogP contribution in [0.2, 0.25) is 0 Å². The lowest BCUT2D eigenvalue weighted by Gasteiger charge is -2.34. The zero-order valence-electron chi connectivity index (χ0n) is 14.3. The zero-order valence-corrected chi connectivity index (χ0v) is 14.3. The Hall–Kier alpha value is -2.55. The molecular formula is C17H19F3N4O2. The number of anilines is 1. The highest BCUT2D eigenvalue weighted by molar-refractivity contribution is 5.89. The SMILES string of the molecule is COC1CC(NC(=O)Nc2cc(-c3cccc(C(F)(F)F)c3)nn2C)C1. The molecule has 2 amide bonds. The molecule has 1 fully saturated rings. The van der Waals surface area contributed by atoms with E-state index in [2.05, 4.69) is 15.7 Å². The summed E-state index contributed by atoms with van der Waals surface area (Å²) < 4.78 is 45.1. The van der Waals surface area contributed by atoms with E-state index in [0.29, 0.717) is 17.1 Å². The Labute approximate surface area is 148 Å². The van der Waals surface area contributed by atoms with Crippen LogP contribution >= 0.6 is 0 Å². The molecule has 2 N–H and O–H groups in total. The second-order valence-corrected chi connectivity index (χ2v) is 6.24. The van der Waals surface area contributed by atoms with Crippen molar-refractivity contribution in [1.82, 2.24) is 15.1 Å². The summed E-state index contributed by atoms with van der Waals surface area (Å²) in [4.78, 5) is 12.0. The van der Waals surface area contributed by atoms with Gasteiger partial charge in [0.25, 0.3) is 0 Å². The number of carbonyl (C=O) groups excluding carboxylic acids is 1. The molecule has 1 aromatic carbocycles. The van der Waals surface area contributed by atoms with Crippen molar-refractivity contribution in [2.75, 3.05) is 12.4 Å². The maximum Gasteiger partial charge on any atom is 0.416 e. The first kappa shape index (κ1) is 18.2. The van der Waals surface area contributed by atoms with Crippen LogP contribution in [0.5, 0.6) is 0 Å². The molecule has 0 aliphatic heterocycles. The number of urea groups is 1. The summed E-state index contributed by atoms with van der Waals surface area (Å²) in [5, 5.41) is 9.66. The van der Waals surface area contributed by atoms with Crippen LogP contribution in [0.4, 0.5) is 23.8 Å². The summed E-state index contributed by atoms with van der Waals surface area (Å²) in [6.07, 6.45) is -2.74. The number of carbonyl (C=O) groups is 1. The Morgan fingerprint density at radius 1 is 1.31 bits per heavy atom. The summed E-state index contributed by atoms with van der Waals surface area (Å²) in [5.41, 5.74) is -0.0756. The Kier molecular flexibility index (Phi) is 4.90. The molecule has 0 atom stereocenters. The largest absolute Gasteiger partial charge is 0.416 e. The van der Waals surface area contributed by atoms with Gasteiger partial charge in [0.05, 0.1) is 17.4 Å². The third-order valence-corrected chi connectivity index (χ3v) is 4.37. The number of rotatable bonds is 4. The Morgan fingerprint density at radius 3 is 2.69 bits per heavy atom. The molecule has 3 rings (SSSR count). The lowest BCUT2D eigenvalue weighted by Crippen LogP contribution is -2.48. The summed E-state index contributed by atoms with van der Waals surface area (Å²) in [6, 6.07) is 6.11. The van der Waals surface area contributed by atoms with Gasteiger partial charge in [-0.05, 0) is 25.0 Å². The highest BCUT2D eigenvalue weighted by Crippen LogP contribution is 2.32. The van der Waals surface area contributed by atoms with Crippen molar-refractivity contribution in [1.29, 1.82) is 0 Å². The van der Waals surface area contributed by atoms with Gasteiger partial charge in [-0.15, -0.1) is 0 Å². The predicted molar refractivity (Wildman–Crippen MR) is 89.6 cm³/mol. The maximum absolute atomic E-state index is 12.9. The van der Waals surface area contributed by atoms with Gasteiger partial charge in [0, 0.05) is 31.8 Å². The number of hydrogen-bond donors (Lipinski definition) is 2. The lowest BCUT2D eigenvalue weighted by atomic mass is 9.89. The minimum absolute atomic E-state index is 0.0520. The molecule has 0 spiro atoms. The molecule has 1 aliphatic rings. The third kappa shape index (κ3) is 3.98. The van der Waals surface area contributed by atoms with Crippen molar-refractivity contribution < 1.29 is 22.7 Å². The first-order chi connectivity index (χ1) is 12.3. The van der Waals surface area contributed by atoms with E-state index >= 15 is 0 Å². The van der Waals surface area contributed by atoms with Crippen LogP contribution in [0, 0.1) is 0 Å². The fourth-order valence-corrected chi connectivity index (χ4v) is 2.79. The molecule has 140 valence electrons. The van der Waals surface area contributed by atoms with Gasteiger partial charge in [-0.25, -0.2) is 4.79 Å². The molecule has 0 bridgehead atoms. The number of methoxy groups -OCH3 is 1. The topological polar surface area (TPSA) is 68.2 Å². The van der Waals surface area contributed by atoms with E-state index < -0.39 is 11.7 Å². The highest BCUT2D eigenvalue weighted by Gasteiger charge is 2.31. The van der Waals surface area contributed by atoms with Crippen LogP contribution in [0.15, 0.2) is 30.3 Å². The molecule has 1 saturated carbocycles. The molecule has 0 saturated heterocycles. The number of hydrogen-bond acceptors (Lipinski definition) is 3. The van der Waals surface area contributed by atoms with Crippen molar-refractivity contribution in [3.8, 4) is 11.3 Å². The summed E-state index contributed by atoms with van der Waals surface area (Å²) in [5.74, 6) is 0.387. The number of nitrogens with zero attached hydrogens (tertiary/aromatic N) is 2. The van der Waals surface area contributed by atoms with Gasteiger partial charge in [0.2, 0.25) is 0 Å². The first-order valence-corrected chi connectivity index (χ1v) is 8.08. The van der Waals surface area contributed by atoms with Gasteiger partial charge >= 0.3 is 12.2 Å². The number of nitrogens with one attached hydrogen (secondary N) is 2. The Bertz CT molecular complexity index is 798. The van der Waals surface area contributed by atoms with Gasteiger partial charge in [-0.1, -0.05) is 12.1 Å². The molecule has 1 aliphatic carbocycles. The van der Waals surface area contributed by atoms with E-state index in [9.17, 15) is 18.0 Å². The van der Waals surface area contributed by atoms with Gasteiger partial charge in [-0.2, -0.15) is 18.3 Å². The van der Waals surface area contributed by atoms with Crippen molar-refractivity contribution in [2.24, 2.45) is 7.05 Å². The van der Waals surface area contributed by atoms with Crippen LogP contribution in [0.25, 0.3) is 11.3 Å². The van der Waals surface area contributed by atoms with E-state index in [1.165, 1.54) is 16.8 Å². The first-order valence-electron chi connectivity index (χ1n) is 8.08. The van der Waals surface area contributed by atoms with E-state index in [0.717, 1.165) is 25.0 Å². The molecule has 6 nitrogen and oxygen atoms in total. The molecule has 1 heterocycles. The van der Waals surface area contributed by atoms with Crippen molar-refractivity contribution in [3.05, 3.63) is 35.9 Å². The van der Waals surface area contributed by atoms with Crippen molar-refractivity contribution in [3.63, 3.8) is 0 Å². The summed E-state index contributed by atoms with van der Waals surface area (Å²) >= 11 is 0. The average molecular weight is 368 g/mol. The van der Waals surface area contributed by atoms with Crippen LogP contribution in [-0.2, 0) is 18.0 Å². The summed E-state index contributed by atoms with van der Waals surface area (Å²) in [6.45, 7) is 0. The van der Waals surface area contributed by atoms with Crippen LogP contribution in [-0.4, -0.2) is 35.1 Å². The number of ether oxygens (including phenoxy) is 1. The van der Waals surface area contributed by atoms with Gasteiger partial charge in [0.15, 0.2) is 0 Å².